The van der Waals surface area contributed by atoms with Gasteiger partial charge in [0.05, 0.1) is 11.4 Å². The Balaban J connectivity index is 2.28. The van der Waals surface area contributed by atoms with Crippen LogP contribution in [0.3, 0.4) is 0 Å². The fourth-order valence-electron chi connectivity index (χ4n) is 2.50. The van der Waals surface area contributed by atoms with Crippen molar-refractivity contribution in [2.24, 2.45) is 0 Å². The zero-order valence-corrected chi connectivity index (χ0v) is 14.3. The third-order valence-corrected chi connectivity index (χ3v) is 4.00. The van der Waals surface area contributed by atoms with Crippen LogP contribution in [0, 0.1) is 13.8 Å². The van der Waals surface area contributed by atoms with Gasteiger partial charge in [-0.3, -0.25) is 4.79 Å². The maximum absolute atomic E-state index is 12.5. The Hall–Kier alpha value is -2.70. The third kappa shape index (κ3) is 3.45. The summed E-state index contributed by atoms with van der Waals surface area (Å²) in [5, 5.41) is 19.9. The van der Waals surface area contributed by atoms with Gasteiger partial charge < -0.3 is 10.4 Å². The average molecular weight is 330 g/mol. The van der Waals surface area contributed by atoms with Gasteiger partial charge in [0.15, 0.2) is 5.69 Å². The van der Waals surface area contributed by atoms with E-state index in [9.17, 15) is 14.7 Å². The summed E-state index contributed by atoms with van der Waals surface area (Å²) in [6, 6.07) is 7.66. The van der Waals surface area contributed by atoms with Crippen molar-refractivity contribution in [2.75, 3.05) is 0 Å². The van der Waals surface area contributed by atoms with E-state index in [0.717, 1.165) is 11.3 Å². The number of aromatic nitrogens is 3. The van der Waals surface area contributed by atoms with Gasteiger partial charge >= 0.3 is 5.97 Å². The first-order valence-corrected chi connectivity index (χ1v) is 7.83. The molecule has 1 unspecified atom stereocenters. The van der Waals surface area contributed by atoms with E-state index in [0.29, 0.717) is 18.5 Å². The largest absolute Gasteiger partial charge is 0.480 e. The number of hydrogen-bond acceptors (Lipinski definition) is 4. The molecule has 24 heavy (non-hydrogen) atoms. The van der Waals surface area contributed by atoms with Gasteiger partial charge in [0, 0.05) is 0 Å². The first-order chi connectivity index (χ1) is 11.3. The predicted octanol–water partition coefficient (Wildman–Crippen LogP) is 2.26. The number of carbonyl (C=O) groups is 2. The van der Waals surface area contributed by atoms with Crippen LogP contribution in [0.15, 0.2) is 24.3 Å². The summed E-state index contributed by atoms with van der Waals surface area (Å²) < 4.78 is 1.56. The van der Waals surface area contributed by atoms with Crippen molar-refractivity contribution in [3.8, 4) is 5.69 Å². The van der Waals surface area contributed by atoms with Crippen molar-refractivity contribution in [1.29, 1.82) is 0 Å². The summed E-state index contributed by atoms with van der Waals surface area (Å²) in [6.07, 6.45) is 0.970. The number of rotatable bonds is 6. The summed E-state index contributed by atoms with van der Waals surface area (Å²) in [5.41, 5.74) is 1.26. The number of carboxylic acids is 1. The van der Waals surface area contributed by atoms with Crippen LogP contribution < -0.4 is 5.32 Å². The van der Waals surface area contributed by atoms with Gasteiger partial charge in [-0.15, -0.1) is 5.10 Å². The second-order valence-corrected chi connectivity index (χ2v) is 6.11. The van der Waals surface area contributed by atoms with Crippen LogP contribution in [-0.4, -0.2) is 37.5 Å². The van der Waals surface area contributed by atoms with Crippen molar-refractivity contribution in [3.05, 3.63) is 41.2 Å². The van der Waals surface area contributed by atoms with E-state index >= 15 is 0 Å². The number of benzene rings is 1. The number of nitrogens with zero attached hydrogens (tertiary/aromatic N) is 3. The molecule has 0 radical (unpaired) electrons. The first-order valence-electron chi connectivity index (χ1n) is 7.83. The zero-order chi connectivity index (χ0) is 17.9. The van der Waals surface area contributed by atoms with Crippen LogP contribution >= 0.6 is 0 Å². The van der Waals surface area contributed by atoms with Crippen LogP contribution in [0.4, 0.5) is 0 Å². The monoisotopic (exact) mass is 330 g/mol. The minimum atomic E-state index is -1.33. The van der Waals surface area contributed by atoms with E-state index in [1.54, 1.807) is 11.6 Å². The molecule has 7 nitrogen and oxygen atoms in total. The summed E-state index contributed by atoms with van der Waals surface area (Å²) in [6.45, 7) is 7.08. The van der Waals surface area contributed by atoms with Gasteiger partial charge in [-0.2, -0.15) is 0 Å². The number of amides is 1. The SMILES string of the molecule is CCCC(C)(NC(=O)c1nnn(-c2ccc(C)cc2)c1C)C(=O)O. The minimum Gasteiger partial charge on any atom is -0.480 e. The van der Waals surface area contributed by atoms with Crippen LogP contribution in [0.25, 0.3) is 5.69 Å². The lowest BCUT2D eigenvalue weighted by Crippen LogP contribution is -2.52. The fraction of sp³-hybridized carbons (Fsp3) is 0.412. The highest BCUT2D eigenvalue weighted by atomic mass is 16.4. The van der Waals surface area contributed by atoms with E-state index in [2.05, 4.69) is 15.6 Å². The second-order valence-electron chi connectivity index (χ2n) is 6.11. The van der Waals surface area contributed by atoms with E-state index in [1.807, 2.05) is 38.1 Å². The Morgan fingerprint density at radius 1 is 1.25 bits per heavy atom. The molecule has 1 aromatic carbocycles. The number of aryl methyl sites for hydroxylation is 1. The lowest BCUT2D eigenvalue weighted by Gasteiger charge is -2.25. The fourth-order valence-corrected chi connectivity index (χ4v) is 2.50. The number of nitrogens with one attached hydrogen (secondary N) is 1. The number of hydrogen-bond donors (Lipinski definition) is 2. The molecule has 2 rings (SSSR count). The summed E-state index contributed by atoms with van der Waals surface area (Å²) in [5.74, 6) is -1.61. The molecular formula is C17H22N4O3. The Bertz CT molecular complexity index is 752. The number of aliphatic carboxylic acids is 1. The lowest BCUT2D eigenvalue weighted by atomic mass is 9.96. The van der Waals surface area contributed by atoms with E-state index < -0.39 is 17.4 Å². The molecule has 2 N–H and O–H groups in total. The zero-order valence-electron chi connectivity index (χ0n) is 14.3. The van der Waals surface area contributed by atoms with Gasteiger partial charge in [0.1, 0.15) is 5.54 Å². The average Bonchev–Trinajstić information content (AvgIpc) is 2.90. The Morgan fingerprint density at radius 2 is 1.88 bits per heavy atom. The van der Waals surface area contributed by atoms with Gasteiger partial charge in [-0.25, -0.2) is 9.48 Å². The minimum absolute atomic E-state index is 0.124. The highest BCUT2D eigenvalue weighted by molar-refractivity contribution is 5.97. The molecule has 2 aromatic rings. The Labute approximate surface area is 140 Å². The molecule has 0 aliphatic rings. The van der Waals surface area contributed by atoms with E-state index in [-0.39, 0.29) is 5.69 Å². The molecule has 0 bridgehead atoms. The molecule has 1 atom stereocenters. The molecule has 0 saturated carbocycles. The molecule has 1 aromatic heterocycles. The topological polar surface area (TPSA) is 97.1 Å². The van der Waals surface area contributed by atoms with Crippen molar-refractivity contribution in [2.45, 2.75) is 46.1 Å². The number of carboxylic acid groups (broad SMARTS) is 1. The molecular weight excluding hydrogens is 308 g/mol. The van der Waals surface area contributed by atoms with Crippen LogP contribution in [-0.2, 0) is 4.79 Å². The van der Waals surface area contributed by atoms with Crippen molar-refractivity contribution >= 4 is 11.9 Å². The standard InChI is InChI=1S/C17H22N4O3/c1-5-10-17(4,16(23)24)18-15(22)14-12(3)21(20-19-14)13-8-6-11(2)7-9-13/h6-9H,5,10H2,1-4H3,(H,18,22)(H,23,24). The highest BCUT2D eigenvalue weighted by Gasteiger charge is 2.35. The predicted molar refractivity (Wildman–Crippen MR) is 89.2 cm³/mol. The smallest absolute Gasteiger partial charge is 0.329 e. The van der Waals surface area contributed by atoms with Crippen LogP contribution in [0.2, 0.25) is 0 Å². The van der Waals surface area contributed by atoms with Crippen LogP contribution in [0.5, 0.6) is 0 Å². The highest BCUT2D eigenvalue weighted by Crippen LogP contribution is 2.16. The molecule has 0 fully saturated rings. The quantitative estimate of drug-likeness (QED) is 0.847. The maximum atomic E-state index is 12.5. The molecule has 0 saturated heterocycles. The molecule has 0 aliphatic carbocycles. The number of carbonyl (C=O) groups excluding carboxylic acids is 1. The Kier molecular flexibility index (Phi) is 5.02. The molecule has 0 aliphatic heterocycles. The summed E-state index contributed by atoms with van der Waals surface area (Å²) >= 11 is 0. The summed E-state index contributed by atoms with van der Waals surface area (Å²) in [7, 11) is 0. The molecule has 1 heterocycles. The van der Waals surface area contributed by atoms with Gasteiger partial charge in [-0.05, 0) is 39.3 Å². The Morgan fingerprint density at radius 3 is 2.42 bits per heavy atom. The normalized spacial score (nSPS) is 13.3. The van der Waals surface area contributed by atoms with Crippen molar-refractivity contribution in [1.82, 2.24) is 20.3 Å². The van der Waals surface area contributed by atoms with Gasteiger partial charge in [-0.1, -0.05) is 36.3 Å². The molecule has 1 amide bonds. The first kappa shape index (κ1) is 17.7. The van der Waals surface area contributed by atoms with Crippen molar-refractivity contribution < 1.29 is 14.7 Å². The van der Waals surface area contributed by atoms with E-state index in [1.165, 1.54) is 6.92 Å². The van der Waals surface area contributed by atoms with E-state index in [4.69, 9.17) is 0 Å². The van der Waals surface area contributed by atoms with Gasteiger partial charge in [0.25, 0.3) is 5.91 Å². The molecule has 7 heteroatoms. The van der Waals surface area contributed by atoms with Gasteiger partial charge in [0.2, 0.25) is 0 Å². The lowest BCUT2D eigenvalue weighted by molar-refractivity contribution is -0.144. The van der Waals surface area contributed by atoms with Crippen molar-refractivity contribution in [3.63, 3.8) is 0 Å². The summed E-state index contributed by atoms with van der Waals surface area (Å²) in [4.78, 5) is 23.9. The molecule has 128 valence electrons. The van der Waals surface area contributed by atoms with Crippen LogP contribution in [0.1, 0.15) is 48.4 Å². The maximum Gasteiger partial charge on any atom is 0.329 e. The second kappa shape index (κ2) is 6.82. The molecule has 0 spiro atoms. The third-order valence-electron chi connectivity index (χ3n) is 4.00.